The van der Waals surface area contributed by atoms with Crippen LogP contribution >= 0.6 is 0 Å². The maximum Gasteiger partial charge on any atom is 0.240 e. The normalized spacial score (nSPS) is 11.4. The van der Waals surface area contributed by atoms with Crippen molar-refractivity contribution >= 4 is 10.0 Å². The van der Waals surface area contributed by atoms with Gasteiger partial charge >= 0.3 is 0 Å². The van der Waals surface area contributed by atoms with Crippen molar-refractivity contribution in [1.82, 2.24) is 14.7 Å². The van der Waals surface area contributed by atoms with Crippen LogP contribution in [-0.2, 0) is 16.6 Å². The largest absolute Gasteiger partial charge is 0.265 e. The Balaban J connectivity index is 1.78. The molecule has 0 atom stereocenters. The first-order valence-electron chi connectivity index (χ1n) is 7.88. The Morgan fingerprint density at radius 2 is 1.68 bits per heavy atom. The van der Waals surface area contributed by atoms with Gasteiger partial charge in [-0.1, -0.05) is 6.07 Å². The van der Waals surface area contributed by atoms with Crippen LogP contribution in [0.2, 0.25) is 0 Å². The number of hydrogen-bond donors (Lipinski definition) is 1. The van der Waals surface area contributed by atoms with E-state index in [-0.39, 0.29) is 11.4 Å². The average molecular weight is 353 g/mol. The second-order valence-corrected chi connectivity index (χ2v) is 7.62. The Labute approximate surface area is 147 Å². The first kappa shape index (κ1) is 17.3. The molecule has 2 aromatic heterocycles. The van der Waals surface area contributed by atoms with E-state index in [0.29, 0.717) is 0 Å². The van der Waals surface area contributed by atoms with Gasteiger partial charge in [0.2, 0.25) is 10.0 Å². The average Bonchev–Trinajstić information content (AvgIpc) is 2.63. The molecular formula is C19H19N3O2S. The molecule has 25 heavy (non-hydrogen) atoms. The van der Waals surface area contributed by atoms with Crippen LogP contribution in [0.4, 0.5) is 0 Å². The Morgan fingerprint density at radius 1 is 0.920 bits per heavy atom. The Morgan fingerprint density at radius 3 is 2.40 bits per heavy atom. The first-order chi connectivity index (χ1) is 12.0. The highest BCUT2D eigenvalue weighted by atomic mass is 32.2. The predicted molar refractivity (Wildman–Crippen MR) is 97.4 cm³/mol. The van der Waals surface area contributed by atoms with Crippen molar-refractivity contribution in [1.29, 1.82) is 0 Å². The van der Waals surface area contributed by atoms with Gasteiger partial charge < -0.3 is 0 Å². The third-order valence-corrected chi connectivity index (χ3v) is 5.45. The first-order valence-corrected chi connectivity index (χ1v) is 9.36. The molecule has 3 aromatic rings. The lowest BCUT2D eigenvalue weighted by molar-refractivity contribution is 0.581. The van der Waals surface area contributed by atoms with Crippen molar-refractivity contribution in [3.8, 4) is 11.3 Å². The van der Waals surface area contributed by atoms with Gasteiger partial charge in [0.15, 0.2) is 0 Å². The van der Waals surface area contributed by atoms with Gasteiger partial charge in [-0.15, -0.1) is 0 Å². The van der Waals surface area contributed by atoms with E-state index in [2.05, 4.69) is 14.7 Å². The van der Waals surface area contributed by atoms with E-state index < -0.39 is 10.0 Å². The Kier molecular flexibility index (Phi) is 4.92. The van der Waals surface area contributed by atoms with Gasteiger partial charge in [-0.25, -0.2) is 13.1 Å². The molecule has 5 nitrogen and oxygen atoms in total. The zero-order valence-electron chi connectivity index (χ0n) is 14.1. The highest BCUT2D eigenvalue weighted by Crippen LogP contribution is 2.18. The SMILES string of the molecule is Cc1ccc(S(=O)(=O)NCc2ccnc(-c3ccncc3)c2)cc1C. The van der Waals surface area contributed by atoms with Crippen molar-refractivity contribution in [2.24, 2.45) is 0 Å². The molecule has 0 aliphatic carbocycles. The van der Waals surface area contributed by atoms with Crippen LogP contribution in [0.15, 0.2) is 66.0 Å². The fourth-order valence-electron chi connectivity index (χ4n) is 2.41. The van der Waals surface area contributed by atoms with Gasteiger partial charge in [0.25, 0.3) is 0 Å². The Bertz CT molecular complexity index is 987. The second kappa shape index (κ2) is 7.13. The minimum Gasteiger partial charge on any atom is -0.265 e. The standard InChI is InChI=1S/C19H19N3O2S/c1-14-3-4-18(11-15(14)2)25(23,24)22-13-16-5-10-21-19(12-16)17-6-8-20-9-7-17/h3-12,22H,13H2,1-2H3. The summed E-state index contributed by atoms with van der Waals surface area (Å²) in [6, 6.07) is 12.5. The monoisotopic (exact) mass is 353 g/mol. The number of rotatable bonds is 5. The molecule has 0 radical (unpaired) electrons. The van der Waals surface area contributed by atoms with Crippen LogP contribution in [0.5, 0.6) is 0 Å². The summed E-state index contributed by atoms with van der Waals surface area (Å²) in [5.41, 5.74) is 4.58. The molecule has 0 amide bonds. The van der Waals surface area contributed by atoms with Gasteiger partial charge in [-0.2, -0.15) is 0 Å². The lowest BCUT2D eigenvalue weighted by atomic mass is 10.1. The van der Waals surface area contributed by atoms with E-state index in [4.69, 9.17) is 0 Å². The summed E-state index contributed by atoms with van der Waals surface area (Å²) in [4.78, 5) is 8.59. The summed E-state index contributed by atoms with van der Waals surface area (Å²) in [7, 11) is -3.56. The van der Waals surface area contributed by atoms with Crippen molar-refractivity contribution in [2.45, 2.75) is 25.3 Å². The van der Waals surface area contributed by atoms with Crippen molar-refractivity contribution in [3.05, 3.63) is 77.7 Å². The van der Waals surface area contributed by atoms with E-state index in [1.165, 1.54) is 0 Å². The quantitative estimate of drug-likeness (QED) is 0.764. The molecule has 0 unspecified atom stereocenters. The van der Waals surface area contributed by atoms with E-state index >= 15 is 0 Å². The maximum atomic E-state index is 12.5. The Hall–Kier alpha value is -2.57. The smallest absolute Gasteiger partial charge is 0.240 e. The van der Waals surface area contributed by atoms with Crippen molar-refractivity contribution < 1.29 is 8.42 Å². The number of benzene rings is 1. The number of pyridine rings is 2. The van der Waals surface area contributed by atoms with Crippen LogP contribution in [0.1, 0.15) is 16.7 Å². The van der Waals surface area contributed by atoms with Gasteiger partial charge in [0.1, 0.15) is 0 Å². The predicted octanol–water partition coefficient (Wildman–Crippen LogP) is 3.24. The van der Waals surface area contributed by atoms with Crippen LogP contribution in [0, 0.1) is 13.8 Å². The molecule has 0 bridgehead atoms. The second-order valence-electron chi connectivity index (χ2n) is 5.86. The molecule has 0 saturated carbocycles. The van der Waals surface area contributed by atoms with Crippen molar-refractivity contribution in [3.63, 3.8) is 0 Å². The number of nitrogens with zero attached hydrogens (tertiary/aromatic N) is 2. The van der Waals surface area contributed by atoms with E-state index in [9.17, 15) is 8.42 Å². The molecule has 0 aliphatic rings. The van der Waals surface area contributed by atoms with E-state index in [0.717, 1.165) is 27.9 Å². The van der Waals surface area contributed by atoms with Gasteiger partial charge in [-0.05, 0) is 66.9 Å². The molecule has 0 aliphatic heterocycles. The number of sulfonamides is 1. The number of aryl methyl sites for hydroxylation is 2. The number of nitrogens with one attached hydrogen (secondary N) is 1. The van der Waals surface area contributed by atoms with E-state index in [1.807, 2.05) is 38.1 Å². The molecule has 0 fully saturated rings. The molecule has 1 aromatic carbocycles. The van der Waals surface area contributed by atoms with Gasteiger partial charge in [-0.3, -0.25) is 9.97 Å². The maximum absolute atomic E-state index is 12.5. The van der Waals surface area contributed by atoms with Crippen LogP contribution in [0.3, 0.4) is 0 Å². The fraction of sp³-hybridized carbons (Fsp3) is 0.158. The summed E-state index contributed by atoms with van der Waals surface area (Å²) >= 11 is 0. The molecule has 2 heterocycles. The summed E-state index contributed by atoms with van der Waals surface area (Å²) in [5, 5.41) is 0. The van der Waals surface area contributed by atoms with Crippen LogP contribution in [0.25, 0.3) is 11.3 Å². The summed E-state index contributed by atoms with van der Waals surface area (Å²) in [6.45, 7) is 4.06. The molecule has 3 rings (SSSR count). The minimum absolute atomic E-state index is 0.204. The zero-order chi connectivity index (χ0) is 17.9. The molecular weight excluding hydrogens is 334 g/mol. The lowest BCUT2D eigenvalue weighted by Gasteiger charge is -2.09. The number of aromatic nitrogens is 2. The fourth-order valence-corrected chi connectivity index (χ4v) is 3.51. The lowest BCUT2D eigenvalue weighted by Crippen LogP contribution is -2.23. The zero-order valence-corrected chi connectivity index (χ0v) is 14.9. The highest BCUT2D eigenvalue weighted by Gasteiger charge is 2.14. The van der Waals surface area contributed by atoms with Crippen LogP contribution < -0.4 is 4.72 Å². The van der Waals surface area contributed by atoms with E-state index in [1.54, 1.807) is 36.8 Å². The summed E-state index contributed by atoms with van der Waals surface area (Å²) < 4.78 is 27.6. The molecule has 1 N–H and O–H groups in total. The van der Waals surface area contributed by atoms with Crippen molar-refractivity contribution in [2.75, 3.05) is 0 Å². The van der Waals surface area contributed by atoms with Gasteiger partial charge in [0.05, 0.1) is 10.6 Å². The minimum atomic E-state index is -3.56. The summed E-state index contributed by atoms with van der Waals surface area (Å²) in [6.07, 6.45) is 5.08. The molecule has 128 valence electrons. The topological polar surface area (TPSA) is 72.0 Å². The molecule has 6 heteroatoms. The molecule has 0 spiro atoms. The third-order valence-electron chi connectivity index (χ3n) is 4.06. The number of hydrogen-bond acceptors (Lipinski definition) is 4. The molecule has 0 saturated heterocycles. The van der Waals surface area contributed by atoms with Gasteiger partial charge in [0, 0.05) is 30.7 Å². The summed E-state index contributed by atoms with van der Waals surface area (Å²) in [5.74, 6) is 0. The highest BCUT2D eigenvalue weighted by molar-refractivity contribution is 7.89. The third kappa shape index (κ3) is 4.10. The van der Waals surface area contributed by atoms with Crippen LogP contribution in [-0.4, -0.2) is 18.4 Å².